The van der Waals surface area contributed by atoms with Crippen LogP contribution in [0.1, 0.15) is 96.5 Å². The molecule has 0 heterocycles. The standard InChI is InChI=1S/C32H48O/c1-3-5-26-16-22-32(23-17-26)33-24-29-10-8-27(9-11-29)6-7-28-14-20-31(21-15-28)30-18-12-25(4-2)13-19-30/h6-8,10,16-17,22-23,25,27-31H,3-5,9,11-15,18-21,24H2,1-2H3. The van der Waals surface area contributed by atoms with E-state index in [2.05, 4.69) is 62.4 Å². The second-order valence-electron chi connectivity index (χ2n) is 11.3. The first-order chi connectivity index (χ1) is 16.2. The van der Waals surface area contributed by atoms with E-state index in [1.807, 2.05) is 0 Å². The minimum atomic E-state index is 0.559. The van der Waals surface area contributed by atoms with Crippen molar-refractivity contribution >= 4 is 0 Å². The third-order valence-corrected chi connectivity index (χ3v) is 9.01. The van der Waals surface area contributed by atoms with Crippen molar-refractivity contribution in [3.63, 3.8) is 0 Å². The molecule has 1 nitrogen and oxygen atoms in total. The normalized spacial score (nSPS) is 32.8. The van der Waals surface area contributed by atoms with Crippen molar-refractivity contribution in [3.05, 3.63) is 54.1 Å². The molecule has 3 aliphatic rings. The van der Waals surface area contributed by atoms with Crippen LogP contribution in [0.25, 0.3) is 0 Å². The summed E-state index contributed by atoms with van der Waals surface area (Å²) in [4.78, 5) is 0. The molecule has 4 rings (SSSR count). The van der Waals surface area contributed by atoms with E-state index in [1.54, 1.807) is 0 Å². The average Bonchev–Trinajstić information content (AvgIpc) is 2.88. The van der Waals surface area contributed by atoms with Gasteiger partial charge in [-0.05, 0) is 105 Å². The topological polar surface area (TPSA) is 9.23 Å². The Morgan fingerprint density at radius 1 is 0.758 bits per heavy atom. The lowest BCUT2D eigenvalue weighted by Crippen LogP contribution is -2.25. The lowest BCUT2D eigenvalue weighted by molar-refractivity contribution is 0.154. The minimum absolute atomic E-state index is 0.559. The number of aryl methyl sites for hydroxylation is 1. The number of benzene rings is 1. The van der Waals surface area contributed by atoms with Crippen molar-refractivity contribution in [2.75, 3.05) is 6.61 Å². The largest absolute Gasteiger partial charge is 0.493 e. The van der Waals surface area contributed by atoms with Gasteiger partial charge < -0.3 is 4.74 Å². The van der Waals surface area contributed by atoms with E-state index in [-0.39, 0.29) is 0 Å². The zero-order valence-corrected chi connectivity index (χ0v) is 21.4. The fraction of sp³-hybridized carbons (Fsp3) is 0.688. The van der Waals surface area contributed by atoms with E-state index in [4.69, 9.17) is 4.74 Å². The number of rotatable bonds is 9. The van der Waals surface area contributed by atoms with Crippen molar-refractivity contribution in [3.8, 4) is 5.75 Å². The molecule has 182 valence electrons. The Morgan fingerprint density at radius 2 is 1.45 bits per heavy atom. The number of hydrogen-bond donors (Lipinski definition) is 0. The fourth-order valence-corrected chi connectivity index (χ4v) is 6.62. The smallest absolute Gasteiger partial charge is 0.119 e. The Bertz CT molecular complexity index is 728. The molecular weight excluding hydrogens is 400 g/mol. The van der Waals surface area contributed by atoms with Gasteiger partial charge in [-0.15, -0.1) is 0 Å². The minimum Gasteiger partial charge on any atom is -0.493 e. The second-order valence-corrected chi connectivity index (χ2v) is 11.3. The van der Waals surface area contributed by atoms with Gasteiger partial charge in [0.2, 0.25) is 0 Å². The lowest BCUT2D eigenvalue weighted by Gasteiger charge is -2.37. The molecule has 2 atom stereocenters. The van der Waals surface area contributed by atoms with E-state index in [1.165, 1.54) is 82.6 Å². The summed E-state index contributed by atoms with van der Waals surface area (Å²) in [6.07, 6.45) is 28.1. The molecule has 0 radical (unpaired) electrons. The van der Waals surface area contributed by atoms with E-state index in [9.17, 15) is 0 Å². The van der Waals surface area contributed by atoms with E-state index in [0.29, 0.717) is 11.8 Å². The van der Waals surface area contributed by atoms with Gasteiger partial charge in [-0.25, -0.2) is 0 Å². The number of hydrogen-bond acceptors (Lipinski definition) is 1. The molecule has 33 heavy (non-hydrogen) atoms. The highest BCUT2D eigenvalue weighted by Crippen LogP contribution is 2.42. The molecule has 0 aliphatic heterocycles. The first-order valence-electron chi connectivity index (χ1n) is 14.3. The number of ether oxygens (including phenoxy) is 1. The molecule has 0 N–H and O–H groups in total. The van der Waals surface area contributed by atoms with Crippen molar-refractivity contribution in [2.45, 2.75) is 97.3 Å². The summed E-state index contributed by atoms with van der Waals surface area (Å²) in [7, 11) is 0. The molecule has 0 aromatic heterocycles. The molecule has 3 aliphatic carbocycles. The summed E-state index contributed by atoms with van der Waals surface area (Å²) in [5.74, 6) is 6.16. The van der Waals surface area contributed by atoms with Crippen LogP contribution in [0.15, 0.2) is 48.6 Å². The Balaban J connectivity index is 1.14. The zero-order chi connectivity index (χ0) is 22.9. The molecule has 1 aromatic rings. The van der Waals surface area contributed by atoms with Crippen LogP contribution in [0.3, 0.4) is 0 Å². The van der Waals surface area contributed by atoms with Crippen LogP contribution in [-0.4, -0.2) is 6.61 Å². The van der Waals surface area contributed by atoms with Gasteiger partial charge in [0.05, 0.1) is 6.61 Å². The van der Waals surface area contributed by atoms with Gasteiger partial charge in [-0.3, -0.25) is 0 Å². The van der Waals surface area contributed by atoms with Crippen molar-refractivity contribution in [1.29, 1.82) is 0 Å². The van der Waals surface area contributed by atoms with Gasteiger partial charge in [-0.2, -0.15) is 0 Å². The van der Waals surface area contributed by atoms with E-state index >= 15 is 0 Å². The summed E-state index contributed by atoms with van der Waals surface area (Å²) in [5, 5.41) is 0. The molecule has 2 fully saturated rings. The molecule has 2 unspecified atom stereocenters. The third kappa shape index (κ3) is 7.49. The van der Waals surface area contributed by atoms with Crippen molar-refractivity contribution in [2.24, 2.45) is 35.5 Å². The predicted molar refractivity (Wildman–Crippen MR) is 142 cm³/mol. The molecule has 1 heteroatoms. The van der Waals surface area contributed by atoms with E-state index in [0.717, 1.165) is 42.4 Å². The van der Waals surface area contributed by atoms with Crippen LogP contribution in [0.5, 0.6) is 5.75 Å². The van der Waals surface area contributed by atoms with Gasteiger partial charge in [0.1, 0.15) is 5.75 Å². The Morgan fingerprint density at radius 3 is 2.06 bits per heavy atom. The average molecular weight is 449 g/mol. The quantitative estimate of drug-likeness (QED) is 0.342. The number of allylic oxidation sites excluding steroid dienone is 3. The third-order valence-electron chi connectivity index (χ3n) is 9.01. The SMILES string of the molecule is CCCc1ccc(OCC2C=CC(C=CC3CCC(C4CCC(CC)CC4)CC3)CC2)cc1. The Kier molecular flexibility index (Phi) is 9.56. The molecule has 0 spiro atoms. The molecule has 1 aromatic carbocycles. The highest BCUT2D eigenvalue weighted by molar-refractivity contribution is 5.27. The van der Waals surface area contributed by atoms with Crippen LogP contribution in [0, 0.1) is 35.5 Å². The lowest BCUT2D eigenvalue weighted by atomic mass is 9.69. The van der Waals surface area contributed by atoms with Gasteiger partial charge >= 0.3 is 0 Å². The summed E-state index contributed by atoms with van der Waals surface area (Å²) >= 11 is 0. The molecule has 0 amide bonds. The first-order valence-corrected chi connectivity index (χ1v) is 14.3. The first kappa shape index (κ1) is 24.6. The van der Waals surface area contributed by atoms with Crippen LogP contribution in [0.4, 0.5) is 0 Å². The van der Waals surface area contributed by atoms with Gasteiger partial charge in [-0.1, -0.05) is 76.0 Å². The van der Waals surface area contributed by atoms with Crippen LogP contribution in [0.2, 0.25) is 0 Å². The van der Waals surface area contributed by atoms with Gasteiger partial charge in [0, 0.05) is 5.92 Å². The van der Waals surface area contributed by atoms with Crippen LogP contribution in [-0.2, 0) is 6.42 Å². The maximum Gasteiger partial charge on any atom is 0.119 e. The monoisotopic (exact) mass is 448 g/mol. The van der Waals surface area contributed by atoms with Crippen molar-refractivity contribution in [1.82, 2.24) is 0 Å². The summed E-state index contributed by atoms with van der Waals surface area (Å²) in [6.45, 7) is 5.42. The fourth-order valence-electron chi connectivity index (χ4n) is 6.62. The summed E-state index contributed by atoms with van der Waals surface area (Å²) in [5.41, 5.74) is 1.41. The highest BCUT2D eigenvalue weighted by atomic mass is 16.5. The summed E-state index contributed by atoms with van der Waals surface area (Å²) in [6, 6.07) is 8.68. The van der Waals surface area contributed by atoms with Gasteiger partial charge in [0.15, 0.2) is 0 Å². The molecular formula is C32H48O. The van der Waals surface area contributed by atoms with E-state index < -0.39 is 0 Å². The highest BCUT2D eigenvalue weighted by Gasteiger charge is 2.30. The molecule has 2 saturated carbocycles. The predicted octanol–water partition coefficient (Wildman–Crippen LogP) is 9.18. The van der Waals surface area contributed by atoms with Crippen LogP contribution >= 0.6 is 0 Å². The Labute approximate surface area is 204 Å². The van der Waals surface area contributed by atoms with Crippen LogP contribution < -0.4 is 4.74 Å². The maximum absolute atomic E-state index is 6.07. The second kappa shape index (κ2) is 12.8. The Hall–Kier alpha value is -1.50. The summed E-state index contributed by atoms with van der Waals surface area (Å²) < 4.78 is 6.07. The van der Waals surface area contributed by atoms with Crippen molar-refractivity contribution < 1.29 is 4.74 Å². The molecule has 0 saturated heterocycles. The maximum atomic E-state index is 6.07. The molecule has 0 bridgehead atoms. The zero-order valence-electron chi connectivity index (χ0n) is 21.4. The van der Waals surface area contributed by atoms with Gasteiger partial charge in [0.25, 0.3) is 0 Å².